The molecular weight excluding hydrogens is 250 g/mol. The molecule has 2 N–H and O–H groups in total. The first-order chi connectivity index (χ1) is 9.56. The fourth-order valence-corrected chi connectivity index (χ4v) is 2.26. The van der Waals surface area contributed by atoms with Gasteiger partial charge in [0.2, 0.25) is 0 Å². The third-order valence-corrected chi connectivity index (χ3v) is 3.42. The Hall–Kier alpha value is -2.16. The topological polar surface area (TPSA) is 44.5 Å². The highest BCUT2D eigenvalue weighted by atomic mass is 16.5. The van der Waals surface area contributed by atoms with Crippen molar-refractivity contribution in [2.24, 2.45) is 0 Å². The molecule has 0 atom stereocenters. The van der Waals surface area contributed by atoms with Crippen LogP contribution in [0.15, 0.2) is 36.4 Å². The maximum Gasteiger partial charge on any atom is 0.142 e. The van der Waals surface area contributed by atoms with Crippen molar-refractivity contribution in [2.75, 3.05) is 20.0 Å². The second-order valence-corrected chi connectivity index (χ2v) is 5.07. The summed E-state index contributed by atoms with van der Waals surface area (Å²) in [7, 11) is 3.33. The molecule has 0 unspecified atom stereocenters. The van der Waals surface area contributed by atoms with Gasteiger partial charge in [-0.15, -0.1) is 0 Å². The van der Waals surface area contributed by atoms with E-state index in [2.05, 4.69) is 32.0 Å². The third kappa shape index (κ3) is 2.72. The lowest BCUT2D eigenvalue weighted by atomic mass is 9.97. The molecule has 0 aromatic heterocycles. The predicted octanol–water partition coefficient (Wildman–Crippen LogP) is 4.08. The van der Waals surface area contributed by atoms with Crippen LogP contribution in [0, 0.1) is 0 Å². The molecule has 0 radical (unpaired) electrons. The molecule has 106 valence electrons. The molecule has 0 aliphatic rings. The maximum absolute atomic E-state index is 5.85. The van der Waals surface area contributed by atoms with Gasteiger partial charge in [-0.05, 0) is 40.8 Å². The Kier molecular flexibility index (Phi) is 4.18. The van der Waals surface area contributed by atoms with Crippen molar-refractivity contribution in [2.45, 2.75) is 19.8 Å². The van der Waals surface area contributed by atoms with Gasteiger partial charge < -0.3 is 15.2 Å². The lowest BCUT2D eigenvalue weighted by Gasteiger charge is -2.14. The average Bonchev–Trinajstić information content (AvgIpc) is 2.46. The quantitative estimate of drug-likeness (QED) is 0.852. The zero-order valence-electron chi connectivity index (χ0n) is 12.4. The zero-order valence-corrected chi connectivity index (χ0v) is 12.4. The summed E-state index contributed by atoms with van der Waals surface area (Å²) in [4.78, 5) is 0. The lowest BCUT2D eigenvalue weighted by molar-refractivity contribution is 0.407. The Bertz CT molecular complexity index is 606. The van der Waals surface area contributed by atoms with Crippen LogP contribution in [0.25, 0.3) is 11.1 Å². The van der Waals surface area contributed by atoms with E-state index >= 15 is 0 Å². The van der Waals surface area contributed by atoms with Crippen LogP contribution in [0.5, 0.6) is 11.5 Å². The minimum atomic E-state index is 0.431. The molecule has 0 saturated heterocycles. The monoisotopic (exact) mass is 271 g/mol. The first-order valence-corrected chi connectivity index (χ1v) is 6.68. The molecule has 0 aliphatic carbocycles. The van der Waals surface area contributed by atoms with Crippen molar-refractivity contribution in [3.8, 4) is 22.6 Å². The van der Waals surface area contributed by atoms with Crippen molar-refractivity contribution in [3.63, 3.8) is 0 Å². The Morgan fingerprint density at radius 2 is 1.40 bits per heavy atom. The summed E-state index contributed by atoms with van der Waals surface area (Å²) in [6, 6.07) is 12.1. The second kappa shape index (κ2) is 5.87. The molecule has 0 fully saturated rings. The molecule has 2 rings (SSSR count). The van der Waals surface area contributed by atoms with Crippen LogP contribution in [-0.2, 0) is 0 Å². The smallest absolute Gasteiger partial charge is 0.142 e. The van der Waals surface area contributed by atoms with E-state index in [-0.39, 0.29) is 0 Å². The number of methoxy groups -OCH3 is 2. The number of benzene rings is 2. The summed E-state index contributed by atoms with van der Waals surface area (Å²) >= 11 is 0. The molecule has 3 nitrogen and oxygen atoms in total. The maximum atomic E-state index is 5.85. The minimum Gasteiger partial charge on any atom is -0.496 e. The number of hydrogen-bond acceptors (Lipinski definition) is 3. The molecule has 0 bridgehead atoms. The average molecular weight is 271 g/mol. The van der Waals surface area contributed by atoms with Crippen LogP contribution in [0.3, 0.4) is 0 Å². The van der Waals surface area contributed by atoms with Crippen LogP contribution in [0.1, 0.15) is 25.3 Å². The number of nitrogen functional groups attached to an aromatic ring is 1. The Labute approximate surface area is 120 Å². The van der Waals surface area contributed by atoms with Gasteiger partial charge in [-0.25, -0.2) is 0 Å². The number of ether oxygens (including phenoxy) is 2. The summed E-state index contributed by atoms with van der Waals surface area (Å²) in [5.41, 5.74) is 9.84. The Morgan fingerprint density at radius 1 is 0.850 bits per heavy atom. The summed E-state index contributed by atoms with van der Waals surface area (Å²) in [5, 5.41) is 0. The normalized spacial score (nSPS) is 10.7. The Morgan fingerprint density at radius 3 is 1.95 bits per heavy atom. The fourth-order valence-electron chi connectivity index (χ4n) is 2.26. The highest BCUT2D eigenvalue weighted by molar-refractivity contribution is 5.71. The molecule has 20 heavy (non-hydrogen) atoms. The van der Waals surface area contributed by atoms with E-state index in [1.807, 2.05) is 18.2 Å². The second-order valence-electron chi connectivity index (χ2n) is 5.07. The van der Waals surface area contributed by atoms with Gasteiger partial charge in [0.15, 0.2) is 0 Å². The van der Waals surface area contributed by atoms with E-state index in [9.17, 15) is 0 Å². The number of rotatable bonds is 4. The summed E-state index contributed by atoms with van der Waals surface area (Å²) in [6.45, 7) is 4.31. The van der Waals surface area contributed by atoms with Gasteiger partial charge in [0.25, 0.3) is 0 Å². The van der Waals surface area contributed by atoms with E-state index < -0.39 is 0 Å². The van der Waals surface area contributed by atoms with Gasteiger partial charge in [-0.1, -0.05) is 32.0 Å². The molecule has 0 aliphatic heterocycles. The lowest BCUT2D eigenvalue weighted by Crippen LogP contribution is -1.95. The van der Waals surface area contributed by atoms with Crippen molar-refractivity contribution in [1.29, 1.82) is 0 Å². The molecule has 0 saturated carbocycles. The molecule has 3 heteroatoms. The van der Waals surface area contributed by atoms with Gasteiger partial charge in [-0.2, -0.15) is 0 Å². The minimum absolute atomic E-state index is 0.431. The summed E-state index contributed by atoms with van der Waals surface area (Å²) in [5.74, 6) is 2.03. The van der Waals surface area contributed by atoms with Crippen LogP contribution in [0.2, 0.25) is 0 Å². The fraction of sp³-hybridized carbons (Fsp3) is 0.294. The summed E-state index contributed by atoms with van der Waals surface area (Å²) in [6.07, 6.45) is 0. The molecule has 0 heterocycles. The predicted molar refractivity (Wildman–Crippen MR) is 83.5 cm³/mol. The number of anilines is 1. The highest BCUT2D eigenvalue weighted by Gasteiger charge is 2.10. The summed E-state index contributed by atoms with van der Waals surface area (Å²) < 4.78 is 10.8. The van der Waals surface area contributed by atoms with Gasteiger partial charge in [0.1, 0.15) is 11.5 Å². The third-order valence-electron chi connectivity index (χ3n) is 3.42. The van der Waals surface area contributed by atoms with Crippen molar-refractivity contribution in [3.05, 3.63) is 42.0 Å². The van der Waals surface area contributed by atoms with Crippen LogP contribution >= 0.6 is 0 Å². The van der Waals surface area contributed by atoms with E-state index in [1.165, 1.54) is 5.56 Å². The van der Waals surface area contributed by atoms with E-state index in [0.29, 0.717) is 17.4 Å². The number of hydrogen-bond donors (Lipinski definition) is 1. The first-order valence-electron chi connectivity index (χ1n) is 6.68. The van der Waals surface area contributed by atoms with Crippen LogP contribution in [0.4, 0.5) is 5.69 Å². The molecular formula is C17H21NO2. The molecule has 2 aromatic carbocycles. The standard InChI is InChI=1S/C17H21NO2/c1-11(2)14-7-5-12(9-16(14)19-3)13-6-8-15(18)17(10-13)20-4/h5-11H,18H2,1-4H3. The van der Waals surface area contributed by atoms with Gasteiger partial charge in [0, 0.05) is 0 Å². The zero-order chi connectivity index (χ0) is 14.7. The van der Waals surface area contributed by atoms with E-state index in [0.717, 1.165) is 16.9 Å². The van der Waals surface area contributed by atoms with Crippen molar-refractivity contribution >= 4 is 5.69 Å². The van der Waals surface area contributed by atoms with Gasteiger partial charge in [0.05, 0.1) is 19.9 Å². The van der Waals surface area contributed by atoms with E-state index in [1.54, 1.807) is 14.2 Å². The first kappa shape index (κ1) is 14.3. The van der Waals surface area contributed by atoms with Gasteiger partial charge in [-0.3, -0.25) is 0 Å². The Balaban J connectivity index is 2.48. The van der Waals surface area contributed by atoms with Gasteiger partial charge >= 0.3 is 0 Å². The molecule has 0 amide bonds. The SMILES string of the molecule is COc1cc(-c2ccc(C(C)C)c(OC)c2)ccc1N. The van der Waals surface area contributed by atoms with Crippen LogP contribution < -0.4 is 15.2 Å². The van der Waals surface area contributed by atoms with Crippen molar-refractivity contribution < 1.29 is 9.47 Å². The van der Waals surface area contributed by atoms with Crippen molar-refractivity contribution in [1.82, 2.24) is 0 Å². The molecule has 0 spiro atoms. The highest BCUT2D eigenvalue weighted by Crippen LogP contribution is 2.34. The molecule has 2 aromatic rings. The largest absolute Gasteiger partial charge is 0.496 e. The van der Waals surface area contributed by atoms with Crippen LogP contribution in [-0.4, -0.2) is 14.2 Å². The number of nitrogens with two attached hydrogens (primary N) is 1. The van der Waals surface area contributed by atoms with E-state index in [4.69, 9.17) is 15.2 Å².